The highest BCUT2D eigenvalue weighted by molar-refractivity contribution is 9.10. The summed E-state index contributed by atoms with van der Waals surface area (Å²) in [5.74, 6) is 0.687. The number of nitrogens with zero attached hydrogens (tertiary/aromatic N) is 3. The first-order valence-electron chi connectivity index (χ1n) is 3.92. The summed E-state index contributed by atoms with van der Waals surface area (Å²) in [7, 11) is 0. The summed E-state index contributed by atoms with van der Waals surface area (Å²) >= 11 is 3.30. The molecule has 0 aliphatic rings. The van der Waals surface area contributed by atoms with Gasteiger partial charge in [0, 0.05) is 18.4 Å². The van der Waals surface area contributed by atoms with E-state index in [0.29, 0.717) is 12.3 Å². The van der Waals surface area contributed by atoms with Gasteiger partial charge in [0.25, 0.3) is 0 Å². The van der Waals surface area contributed by atoms with E-state index in [2.05, 4.69) is 25.9 Å². The molecule has 5 heteroatoms. The molecule has 0 aliphatic carbocycles. The van der Waals surface area contributed by atoms with Crippen LogP contribution in [0.5, 0.6) is 0 Å². The average Bonchev–Trinajstić information content (AvgIpc) is 2.46. The van der Waals surface area contributed by atoms with Crippen molar-refractivity contribution < 1.29 is 0 Å². The van der Waals surface area contributed by atoms with Gasteiger partial charge < -0.3 is 5.73 Å². The van der Waals surface area contributed by atoms with Gasteiger partial charge in [0.2, 0.25) is 5.78 Å². The van der Waals surface area contributed by atoms with E-state index < -0.39 is 0 Å². The molecule has 0 saturated heterocycles. The minimum Gasteiger partial charge on any atom is -0.325 e. The molecule has 0 bridgehead atoms. The average molecular weight is 241 g/mol. The van der Waals surface area contributed by atoms with Crippen LogP contribution in [0.25, 0.3) is 5.78 Å². The number of halogens is 1. The van der Waals surface area contributed by atoms with E-state index in [-0.39, 0.29) is 0 Å². The lowest BCUT2D eigenvalue weighted by atomic mass is 10.3. The molecule has 0 atom stereocenters. The maximum atomic E-state index is 5.51. The number of aromatic nitrogens is 3. The molecule has 0 amide bonds. The molecule has 2 N–H and O–H groups in total. The second-order valence-electron chi connectivity index (χ2n) is 2.83. The fourth-order valence-corrected chi connectivity index (χ4v) is 1.62. The van der Waals surface area contributed by atoms with Gasteiger partial charge in [0.1, 0.15) is 4.60 Å². The molecule has 0 aromatic carbocycles. The Kier molecular flexibility index (Phi) is 2.05. The third kappa shape index (κ3) is 1.45. The molecule has 0 aliphatic heterocycles. The summed E-state index contributed by atoms with van der Waals surface area (Å²) in [6.07, 6.45) is 1.89. The van der Waals surface area contributed by atoms with Crippen molar-refractivity contribution in [1.29, 1.82) is 0 Å². The predicted octanol–water partition coefficient (Wildman–Crippen LogP) is 1.26. The van der Waals surface area contributed by atoms with Crippen molar-refractivity contribution in [1.82, 2.24) is 14.4 Å². The van der Waals surface area contributed by atoms with Crippen molar-refractivity contribution in [3.05, 3.63) is 28.3 Å². The number of fused-ring (bicyclic) bond motifs is 1. The topological polar surface area (TPSA) is 56.2 Å². The van der Waals surface area contributed by atoms with Crippen LogP contribution < -0.4 is 5.73 Å². The van der Waals surface area contributed by atoms with E-state index in [9.17, 15) is 0 Å². The standard InChI is InChI=1S/C8H9BrN4/c1-5-2-6(3-10)11-8-12-7(9)4-13(5)8/h2,4H,3,10H2,1H3. The molecule has 68 valence electrons. The monoisotopic (exact) mass is 240 g/mol. The largest absolute Gasteiger partial charge is 0.325 e. The Hall–Kier alpha value is -0.940. The first kappa shape index (κ1) is 8.65. The third-order valence-corrected chi connectivity index (χ3v) is 2.25. The van der Waals surface area contributed by atoms with Crippen LogP contribution in [0.15, 0.2) is 16.9 Å². The Morgan fingerprint density at radius 3 is 3.00 bits per heavy atom. The zero-order valence-electron chi connectivity index (χ0n) is 7.16. The number of hydrogen-bond acceptors (Lipinski definition) is 3. The molecule has 13 heavy (non-hydrogen) atoms. The van der Waals surface area contributed by atoms with E-state index >= 15 is 0 Å². The Bertz CT molecular complexity index is 449. The number of rotatable bonds is 1. The van der Waals surface area contributed by atoms with Crippen LogP contribution in [-0.2, 0) is 6.54 Å². The van der Waals surface area contributed by atoms with Crippen molar-refractivity contribution in [2.45, 2.75) is 13.5 Å². The maximum absolute atomic E-state index is 5.51. The van der Waals surface area contributed by atoms with Gasteiger partial charge >= 0.3 is 0 Å². The van der Waals surface area contributed by atoms with Crippen LogP contribution in [0.2, 0.25) is 0 Å². The first-order valence-corrected chi connectivity index (χ1v) is 4.71. The molecule has 4 nitrogen and oxygen atoms in total. The summed E-state index contributed by atoms with van der Waals surface area (Å²) < 4.78 is 2.71. The highest BCUT2D eigenvalue weighted by atomic mass is 79.9. The first-order chi connectivity index (χ1) is 6.20. The number of aryl methyl sites for hydroxylation is 1. The SMILES string of the molecule is Cc1cc(CN)nc2nc(Br)cn12. The van der Waals surface area contributed by atoms with Crippen molar-refractivity contribution in [2.24, 2.45) is 5.73 Å². The molecule has 0 spiro atoms. The minimum absolute atomic E-state index is 0.446. The second kappa shape index (κ2) is 3.08. The van der Waals surface area contributed by atoms with Crippen LogP contribution in [0, 0.1) is 6.92 Å². The van der Waals surface area contributed by atoms with Crippen molar-refractivity contribution in [3.63, 3.8) is 0 Å². The molecule has 0 unspecified atom stereocenters. The molecule has 2 aromatic rings. The lowest BCUT2D eigenvalue weighted by Gasteiger charge is -2.01. The number of hydrogen-bond donors (Lipinski definition) is 1. The van der Waals surface area contributed by atoms with Crippen LogP contribution in [0.3, 0.4) is 0 Å². The van der Waals surface area contributed by atoms with E-state index in [1.165, 1.54) is 0 Å². The van der Waals surface area contributed by atoms with E-state index in [4.69, 9.17) is 5.73 Å². The Labute approximate surface area is 83.9 Å². The smallest absolute Gasteiger partial charge is 0.235 e. The van der Waals surface area contributed by atoms with Crippen LogP contribution in [0.4, 0.5) is 0 Å². The minimum atomic E-state index is 0.446. The maximum Gasteiger partial charge on any atom is 0.235 e. The van der Waals surface area contributed by atoms with Gasteiger partial charge in [-0.3, -0.25) is 4.40 Å². The van der Waals surface area contributed by atoms with Gasteiger partial charge in [-0.25, -0.2) is 9.97 Å². The molecule has 0 fully saturated rings. The highest BCUT2D eigenvalue weighted by Gasteiger charge is 2.03. The molecule has 0 radical (unpaired) electrons. The zero-order chi connectivity index (χ0) is 9.42. The van der Waals surface area contributed by atoms with Crippen molar-refractivity contribution >= 4 is 21.7 Å². The lowest BCUT2D eigenvalue weighted by molar-refractivity contribution is 0.939. The molecule has 2 aromatic heterocycles. The van der Waals surface area contributed by atoms with Crippen molar-refractivity contribution in [2.75, 3.05) is 0 Å². The molecule has 2 rings (SSSR count). The van der Waals surface area contributed by atoms with Gasteiger partial charge in [0.15, 0.2) is 0 Å². The van der Waals surface area contributed by atoms with Gasteiger partial charge in [-0.15, -0.1) is 0 Å². The second-order valence-corrected chi connectivity index (χ2v) is 3.64. The number of imidazole rings is 1. The molecular formula is C8H9BrN4. The van der Waals surface area contributed by atoms with Crippen LogP contribution in [-0.4, -0.2) is 14.4 Å². The Morgan fingerprint density at radius 2 is 2.31 bits per heavy atom. The molecular weight excluding hydrogens is 232 g/mol. The van der Waals surface area contributed by atoms with E-state index in [1.807, 2.05) is 23.6 Å². The third-order valence-electron chi connectivity index (χ3n) is 1.87. The van der Waals surface area contributed by atoms with Crippen molar-refractivity contribution in [3.8, 4) is 0 Å². The molecule has 2 heterocycles. The summed E-state index contributed by atoms with van der Waals surface area (Å²) in [6, 6.07) is 1.96. The van der Waals surface area contributed by atoms with Crippen LogP contribution in [0.1, 0.15) is 11.4 Å². The fourth-order valence-electron chi connectivity index (χ4n) is 1.26. The van der Waals surface area contributed by atoms with Crippen LogP contribution >= 0.6 is 15.9 Å². The van der Waals surface area contributed by atoms with Gasteiger partial charge in [-0.05, 0) is 28.9 Å². The Balaban J connectivity index is 2.75. The summed E-state index contributed by atoms with van der Waals surface area (Å²) in [5, 5.41) is 0. The normalized spacial score (nSPS) is 11.0. The number of nitrogens with two attached hydrogens (primary N) is 1. The zero-order valence-corrected chi connectivity index (χ0v) is 8.74. The van der Waals surface area contributed by atoms with Gasteiger partial charge in [0.05, 0.1) is 5.69 Å². The lowest BCUT2D eigenvalue weighted by Crippen LogP contribution is -2.03. The fraction of sp³-hybridized carbons (Fsp3) is 0.250. The van der Waals surface area contributed by atoms with E-state index in [1.54, 1.807) is 0 Å². The quantitative estimate of drug-likeness (QED) is 0.817. The van der Waals surface area contributed by atoms with E-state index in [0.717, 1.165) is 16.0 Å². The summed E-state index contributed by atoms with van der Waals surface area (Å²) in [6.45, 7) is 2.45. The highest BCUT2D eigenvalue weighted by Crippen LogP contribution is 2.12. The Morgan fingerprint density at radius 1 is 1.54 bits per heavy atom. The van der Waals surface area contributed by atoms with Gasteiger partial charge in [-0.2, -0.15) is 0 Å². The summed E-state index contributed by atoms with van der Waals surface area (Å²) in [5.41, 5.74) is 7.46. The predicted molar refractivity (Wildman–Crippen MR) is 53.3 cm³/mol. The molecule has 0 saturated carbocycles. The summed E-state index contributed by atoms with van der Waals surface area (Å²) in [4.78, 5) is 8.47. The van der Waals surface area contributed by atoms with Gasteiger partial charge in [-0.1, -0.05) is 0 Å².